The number of nitrogens with zero attached hydrogens (tertiary/aromatic N) is 3. The van der Waals surface area contributed by atoms with Crippen molar-refractivity contribution in [2.24, 2.45) is 0 Å². The van der Waals surface area contributed by atoms with E-state index >= 15 is 0 Å². The molecule has 0 saturated carbocycles. The van der Waals surface area contributed by atoms with Crippen LogP contribution in [0.2, 0.25) is 0 Å². The third-order valence-electron chi connectivity index (χ3n) is 4.58. The number of thioether (sulfide) groups is 1. The van der Waals surface area contributed by atoms with Crippen molar-refractivity contribution >= 4 is 17.7 Å². The van der Waals surface area contributed by atoms with Crippen LogP contribution >= 0.6 is 11.8 Å². The largest absolute Gasteiger partial charge is 0.496 e. The van der Waals surface area contributed by atoms with Gasteiger partial charge in [0, 0.05) is 13.1 Å². The number of hydrogen-bond donors (Lipinski definition) is 1. The second-order valence-corrected chi connectivity index (χ2v) is 8.00. The summed E-state index contributed by atoms with van der Waals surface area (Å²) in [6.45, 7) is 6.84. The number of allylic oxidation sites excluding steroid dienone is 1. The molecule has 0 aliphatic carbocycles. The second kappa shape index (κ2) is 10.6. The van der Waals surface area contributed by atoms with Crippen molar-refractivity contribution in [1.82, 2.24) is 20.1 Å². The molecule has 0 fully saturated rings. The predicted molar refractivity (Wildman–Crippen MR) is 121 cm³/mol. The van der Waals surface area contributed by atoms with Crippen molar-refractivity contribution in [3.05, 3.63) is 72.8 Å². The molecule has 1 heterocycles. The first-order valence-corrected chi connectivity index (χ1v) is 10.7. The topological polar surface area (TPSA) is 69.0 Å². The first-order chi connectivity index (χ1) is 14.6. The Kier molecular flexibility index (Phi) is 7.68. The zero-order valence-electron chi connectivity index (χ0n) is 17.2. The maximum Gasteiger partial charge on any atom is 0.233 e. The molecule has 6 nitrogen and oxygen atoms in total. The Bertz CT molecular complexity index is 988. The fourth-order valence-corrected chi connectivity index (χ4v) is 3.91. The van der Waals surface area contributed by atoms with Crippen LogP contribution in [0.4, 0.5) is 0 Å². The Morgan fingerprint density at radius 1 is 1.20 bits per heavy atom. The molecule has 1 unspecified atom stereocenters. The molecule has 1 aromatic heterocycles. The molecule has 1 N–H and O–H groups in total. The molecule has 1 amide bonds. The lowest BCUT2D eigenvalue weighted by molar-refractivity contribution is -0.120. The van der Waals surface area contributed by atoms with Gasteiger partial charge in [-0.15, -0.1) is 16.8 Å². The maximum absolute atomic E-state index is 12.6. The summed E-state index contributed by atoms with van der Waals surface area (Å²) in [6, 6.07) is 17.8. The van der Waals surface area contributed by atoms with Crippen LogP contribution in [-0.2, 0) is 17.8 Å². The van der Waals surface area contributed by atoms with Crippen LogP contribution in [0.1, 0.15) is 12.5 Å². The van der Waals surface area contributed by atoms with Gasteiger partial charge in [0.2, 0.25) is 5.91 Å². The van der Waals surface area contributed by atoms with Gasteiger partial charge in [0.05, 0.1) is 17.9 Å². The van der Waals surface area contributed by atoms with E-state index in [1.807, 2.05) is 54.0 Å². The molecule has 3 aromatic rings. The number of methoxy groups -OCH3 is 1. The molecule has 0 radical (unpaired) electrons. The van der Waals surface area contributed by atoms with E-state index in [1.165, 1.54) is 17.3 Å². The lowest BCUT2D eigenvalue weighted by Gasteiger charge is -2.13. The smallest absolute Gasteiger partial charge is 0.233 e. The molecule has 30 heavy (non-hydrogen) atoms. The Labute approximate surface area is 181 Å². The molecule has 1 atom stereocenters. The van der Waals surface area contributed by atoms with E-state index < -0.39 is 0 Å². The van der Waals surface area contributed by atoms with Crippen molar-refractivity contribution in [3.63, 3.8) is 0 Å². The molecule has 7 heteroatoms. The Morgan fingerprint density at radius 2 is 1.93 bits per heavy atom. The van der Waals surface area contributed by atoms with Gasteiger partial charge in [-0.25, -0.2) is 0 Å². The predicted octanol–water partition coefficient (Wildman–Crippen LogP) is 3.98. The third-order valence-corrected chi connectivity index (χ3v) is 5.66. The number of ether oxygens (including phenoxy) is 1. The van der Waals surface area contributed by atoms with Crippen molar-refractivity contribution < 1.29 is 9.53 Å². The van der Waals surface area contributed by atoms with Crippen molar-refractivity contribution in [2.75, 3.05) is 13.7 Å². The molecule has 0 bridgehead atoms. The minimum absolute atomic E-state index is 0.0251. The average molecular weight is 423 g/mol. The van der Waals surface area contributed by atoms with Crippen molar-refractivity contribution in [1.29, 1.82) is 0 Å². The monoisotopic (exact) mass is 422 g/mol. The van der Waals surface area contributed by atoms with Crippen LogP contribution in [0.5, 0.6) is 5.75 Å². The molecule has 0 saturated heterocycles. The number of nitrogens with one attached hydrogen (secondary N) is 1. The number of carbonyl (C=O) groups excluding carboxylic acids is 1. The van der Waals surface area contributed by atoms with E-state index in [1.54, 1.807) is 13.2 Å². The molecular formula is C23H26N4O2S. The quantitative estimate of drug-likeness (QED) is 0.395. The number of hydrogen-bond acceptors (Lipinski definition) is 5. The highest BCUT2D eigenvalue weighted by Gasteiger charge is 2.21. The van der Waals surface area contributed by atoms with Gasteiger partial charge in [0.15, 0.2) is 11.0 Å². The summed E-state index contributed by atoms with van der Waals surface area (Å²) in [6.07, 6.45) is 2.59. The Balaban J connectivity index is 1.68. The highest BCUT2D eigenvalue weighted by Crippen LogP contribution is 2.32. The fourth-order valence-electron chi connectivity index (χ4n) is 3.03. The Morgan fingerprint density at radius 3 is 2.67 bits per heavy atom. The highest BCUT2D eigenvalue weighted by molar-refractivity contribution is 8.00. The summed E-state index contributed by atoms with van der Waals surface area (Å²) in [5, 5.41) is 12.1. The fraction of sp³-hybridized carbons (Fsp3) is 0.261. The normalized spacial score (nSPS) is 11.7. The number of carbonyl (C=O) groups is 1. The van der Waals surface area contributed by atoms with E-state index in [0.717, 1.165) is 17.7 Å². The van der Waals surface area contributed by atoms with Gasteiger partial charge in [-0.2, -0.15) is 0 Å². The van der Waals surface area contributed by atoms with E-state index in [0.29, 0.717) is 24.1 Å². The first-order valence-electron chi connectivity index (χ1n) is 9.79. The molecule has 0 aliphatic heterocycles. The third kappa shape index (κ3) is 5.30. The number of rotatable bonds is 10. The zero-order chi connectivity index (χ0) is 21.3. The van der Waals surface area contributed by atoms with Crippen LogP contribution in [0.15, 0.2) is 72.4 Å². The average Bonchev–Trinajstić information content (AvgIpc) is 3.16. The zero-order valence-corrected chi connectivity index (χ0v) is 18.1. The van der Waals surface area contributed by atoms with Crippen LogP contribution in [-0.4, -0.2) is 39.6 Å². The van der Waals surface area contributed by atoms with Crippen LogP contribution < -0.4 is 10.1 Å². The van der Waals surface area contributed by atoms with Gasteiger partial charge in [-0.3, -0.25) is 9.36 Å². The second-order valence-electron chi connectivity index (χ2n) is 6.69. The minimum atomic E-state index is -0.306. The number of benzene rings is 2. The summed E-state index contributed by atoms with van der Waals surface area (Å²) in [4.78, 5) is 12.6. The number of para-hydroxylation sites is 1. The summed E-state index contributed by atoms with van der Waals surface area (Å²) in [7, 11) is 1.63. The van der Waals surface area contributed by atoms with Gasteiger partial charge in [-0.1, -0.05) is 60.3 Å². The summed E-state index contributed by atoms with van der Waals surface area (Å²) >= 11 is 1.38. The maximum atomic E-state index is 12.6. The number of amides is 1. The molecular weight excluding hydrogens is 396 g/mol. The Hall–Kier alpha value is -3.06. The molecule has 0 spiro atoms. The molecule has 2 aromatic carbocycles. The SMILES string of the molecule is C=CCn1c(SC(C)C(=O)NCCc2ccccc2)nnc1-c1ccccc1OC. The van der Waals surface area contributed by atoms with Gasteiger partial charge >= 0.3 is 0 Å². The summed E-state index contributed by atoms with van der Waals surface area (Å²) in [5.74, 6) is 1.38. The van der Waals surface area contributed by atoms with E-state index in [9.17, 15) is 4.79 Å². The van der Waals surface area contributed by atoms with Gasteiger partial charge in [-0.05, 0) is 31.0 Å². The highest BCUT2D eigenvalue weighted by atomic mass is 32.2. The van der Waals surface area contributed by atoms with Crippen LogP contribution in [0.25, 0.3) is 11.4 Å². The minimum Gasteiger partial charge on any atom is -0.496 e. The van der Waals surface area contributed by atoms with E-state index in [-0.39, 0.29) is 11.2 Å². The van der Waals surface area contributed by atoms with Crippen LogP contribution in [0.3, 0.4) is 0 Å². The molecule has 0 aliphatic rings. The van der Waals surface area contributed by atoms with Gasteiger partial charge in [0.1, 0.15) is 5.75 Å². The lowest BCUT2D eigenvalue weighted by Crippen LogP contribution is -2.32. The summed E-state index contributed by atoms with van der Waals surface area (Å²) in [5.41, 5.74) is 2.05. The summed E-state index contributed by atoms with van der Waals surface area (Å²) < 4.78 is 7.41. The number of aromatic nitrogens is 3. The van der Waals surface area contributed by atoms with Crippen molar-refractivity contribution in [2.45, 2.75) is 30.3 Å². The first kappa shape index (κ1) is 21.6. The molecule has 156 valence electrons. The van der Waals surface area contributed by atoms with Crippen molar-refractivity contribution in [3.8, 4) is 17.1 Å². The van der Waals surface area contributed by atoms with E-state index in [4.69, 9.17) is 4.74 Å². The molecule has 3 rings (SSSR count). The standard InChI is InChI=1S/C23H26N4O2S/c1-4-16-27-21(19-12-8-9-13-20(19)29-3)25-26-23(27)30-17(2)22(28)24-15-14-18-10-6-5-7-11-18/h4-13,17H,1,14-16H2,2-3H3,(H,24,28). The van der Waals surface area contributed by atoms with Gasteiger partial charge in [0.25, 0.3) is 0 Å². The van der Waals surface area contributed by atoms with Crippen LogP contribution in [0, 0.1) is 0 Å². The lowest BCUT2D eigenvalue weighted by atomic mass is 10.1. The van der Waals surface area contributed by atoms with E-state index in [2.05, 4.69) is 34.2 Å². The van der Waals surface area contributed by atoms with Gasteiger partial charge < -0.3 is 10.1 Å².